The Balaban J connectivity index is 1.80. The smallest absolute Gasteiger partial charge is 0.310 e. The van der Waals surface area contributed by atoms with Gasteiger partial charge >= 0.3 is 5.97 Å². The quantitative estimate of drug-likeness (QED) is 0.807. The predicted octanol–water partition coefficient (Wildman–Crippen LogP) is 2.74. The summed E-state index contributed by atoms with van der Waals surface area (Å²) in [6.07, 6.45) is 2.86. The lowest BCUT2D eigenvalue weighted by atomic mass is 10.1. The number of ether oxygens (including phenoxy) is 1. The molecule has 3 rings (SSSR count). The molecule has 0 bridgehead atoms. The Bertz CT molecular complexity index is 714. The first-order valence-electron chi connectivity index (χ1n) is 7.66. The molecule has 0 amide bonds. The van der Waals surface area contributed by atoms with Gasteiger partial charge in [0.15, 0.2) is 0 Å². The predicted molar refractivity (Wildman–Crippen MR) is 89.1 cm³/mol. The van der Waals surface area contributed by atoms with E-state index in [0.29, 0.717) is 5.02 Å². The Morgan fingerprint density at radius 1 is 1.43 bits per heavy atom. The van der Waals surface area contributed by atoms with Crippen molar-refractivity contribution < 1.29 is 9.53 Å². The van der Waals surface area contributed by atoms with Crippen molar-refractivity contribution in [1.29, 1.82) is 0 Å². The first-order chi connectivity index (χ1) is 11.1. The third kappa shape index (κ3) is 3.41. The molecule has 0 aliphatic carbocycles. The maximum absolute atomic E-state index is 11.7. The molecule has 0 unspecified atom stereocenters. The molecular weight excluding hydrogens is 314 g/mol. The molecule has 1 aromatic heterocycles. The van der Waals surface area contributed by atoms with Gasteiger partial charge in [-0.25, -0.2) is 0 Å². The number of methoxy groups -OCH3 is 1. The number of benzene rings is 1. The summed E-state index contributed by atoms with van der Waals surface area (Å²) in [6.45, 7) is 2.36. The summed E-state index contributed by atoms with van der Waals surface area (Å²) in [5.74, 6) is -0.148. The van der Waals surface area contributed by atoms with Gasteiger partial charge in [0, 0.05) is 37.5 Å². The van der Waals surface area contributed by atoms with Crippen molar-refractivity contribution in [1.82, 2.24) is 14.7 Å². The van der Waals surface area contributed by atoms with Gasteiger partial charge in [-0.2, -0.15) is 5.10 Å². The second-order valence-corrected chi connectivity index (χ2v) is 6.31. The van der Waals surface area contributed by atoms with Gasteiger partial charge < -0.3 is 4.74 Å². The maximum atomic E-state index is 11.7. The summed E-state index contributed by atoms with van der Waals surface area (Å²) in [6, 6.07) is 7.73. The van der Waals surface area contributed by atoms with Crippen LogP contribution in [0.2, 0.25) is 5.02 Å². The minimum atomic E-state index is -0.120. The molecule has 2 heterocycles. The molecule has 1 fully saturated rings. The van der Waals surface area contributed by atoms with Gasteiger partial charge in [0.25, 0.3) is 0 Å². The molecule has 5 nitrogen and oxygen atoms in total. The molecule has 6 heteroatoms. The summed E-state index contributed by atoms with van der Waals surface area (Å²) < 4.78 is 6.65. The highest BCUT2D eigenvalue weighted by molar-refractivity contribution is 6.33. The average Bonchev–Trinajstić information content (AvgIpc) is 3.14. The SMILES string of the molecule is COC(=O)[C@H]1CCN(Cc2cn(C)nc2-c2ccccc2Cl)C1. The Kier molecular flexibility index (Phi) is 4.68. The number of aromatic nitrogens is 2. The largest absolute Gasteiger partial charge is 0.469 e. The van der Waals surface area contributed by atoms with Crippen LogP contribution in [0.15, 0.2) is 30.5 Å². The molecule has 2 aromatic rings. The Labute approximate surface area is 140 Å². The van der Waals surface area contributed by atoms with Gasteiger partial charge in [0.2, 0.25) is 0 Å². The van der Waals surface area contributed by atoms with E-state index in [-0.39, 0.29) is 11.9 Å². The molecule has 122 valence electrons. The molecule has 1 saturated heterocycles. The van der Waals surface area contributed by atoms with E-state index in [0.717, 1.165) is 42.9 Å². The Morgan fingerprint density at radius 3 is 2.96 bits per heavy atom. The second kappa shape index (κ2) is 6.72. The van der Waals surface area contributed by atoms with E-state index in [9.17, 15) is 4.79 Å². The van der Waals surface area contributed by atoms with Crippen LogP contribution in [0.4, 0.5) is 0 Å². The molecule has 0 N–H and O–H groups in total. The van der Waals surface area contributed by atoms with Gasteiger partial charge in [-0.15, -0.1) is 0 Å². The zero-order valence-electron chi connectivity index (χ0n) is 13.3. The topological polar surface area (TPSA) is 47.4 Å². The number of halogens is 1. The van der Waals surface area contributed by atoms with Crippen LogP contribution in [0.5, 0.6) is 0 Å². The van der Waals surface area contributed by atoms with Crippen molar-refractivity contribution in [2.45, 2.75) is 13.0 Å². The monoisotopic (exact) mass is 333 g/mol. The van der Waals surface area contributed by atoms with Crippen LogP contribution in [0, 0.1) is 5.92 Å². The molecule has 0 spiro atoms. The lowest BCUT2D eigenvalue weighted by Crippen LogP contribution is -2.23. The lowest BCUT2D eigenvalue weighted by Gasteiger charge is -2.15. The number of nitrogens with zero attached hydrogens (tertiary/aromatic N) is 3. The van der Waals surface area contributed by atoms with Crippen molar-refractivity contribution in [3.63, 3.8) is 0 Å². The number of likely N-dealkylation sites (tertiary alicyclic amines) is 1. The summed E-state index contributed by atoms with van der Waals surface area (Å²) in [5, 5.41) is 5.26. The van der Waals surface area contributed by atoms with Crippen molar-refractivity contribution in [2.75, 3.05) is 20.2 Å². The molecule has 1 aliphatic rings. The molecule has 1 aliphatic heterocycles. The van der Waals surface area contributed by atoms with E-state index in [2.05, 4.69) is 10.00 Å². The van der Waals surface area contributed by atoms with Crippen LogP contribution in [0.1, 0.15) is 12.0 Å². The summed E-state index contributed by atoms with van der Waals surface area (Å²) in [7, 11) is 3.35. The summed E-state index contributed by atoms with van der Waals surface area (Å²) >= 11 is 6.32. The standard InChI is InChI=1S/C17H20ClN3O2/c1-20-9-13(11-21-8-7-12(10-21)17(22)23-2)16(19-20)14-5-3-4-6-15(14)18/h3-6,9,12H,7-8,10-11H2,1-2H3/t12-/m0/s1. The molecule has 23 heavy (non-hydrogen) atoms. The number of carbonyl (C=O) groups is 1. The highest BCUT2D eigenvalue weighted by Crippen LogP contribution is 2.30. The first-order valence-corrected chi connectivity index (χ1v) is 8.04. The Morgan fingerprint density at radius 2 is 2.22 bits per heavy atom. The number of rotatable bonds is 4. The van der Waals surface area contributed by atoms with E-state index >= 15 is 0 Å². The van der Waals surface area contributed by atoms with E-state index in [1.165, 1.54) is 7.11 Å². The number of aryl methyl sites for hydroxylation is 1. The van der Waals surface area contributed by atoms with Crippen LogP contribution in [-0.4, -0.2) is 40.8 Å². The average molecular weight is 334 g/mol. The van der Waals surface area contributed by atoms with E-state index in [1.54, 1.807) is 0 Å². The third-order valence-corrected chi connectivity index (χ3v) is 4.56. The van der Waals surface area contributed by atoms with Crippen LogP contribution in [0.3, 0.4) is 0 Å². The van der Waals surface area contributed by atoms with Gasteiger partial charge in [0.1, 0.15) is 0 Å². The van der Waals surface area contributed by atoms with E-state index < -0.39 is 0 Å². The maximum Gasteiger partial charge on any atom is 0.310 e. The molecule has 0 saturated carbocycles. The van der Waals surface area contributed by atoms with Crippen LogP contribution in [0.25, 0.3) is 11.3 Å². The van der Waals surface area contributed by atoms with E-state index in [4.69, 9.17) is 16.3 Å². The molecule has 1 aromatic carbocycles. The normalized spacial score (nSPS) is 18.3. The minimum absolute atomic E-state index is 0.0274. The van der Waals surface area contributed by atoms with Crippen LogP contribution < -0.4 is 0 Å². The number of carbonyl (C=O) groups excluding carboxylic acids is 1. The molecule has 1 atom stereocenters. The highest BCUT2D eigenvalue weighted by Gasteiger charge is 2.29. The zero-order chi connectivity index (χ0) is 16.4. The zero-order valence-corrected chi connectivity index (χ0v) is 14.1. The van der Waals surface area contributed by atoms with Crippen molar-refractivity contribution in [3.8, 4) is 11.3 Å². The fourth-order valence-electron chi connectivity index (χ4n) is 3.11. The van der Waals surface area contributed by atoms with Gasteiger partial charge in [0.05, 0.1) is 23.7 Å². The highest BCUT2D eigenvalue weighted by atomic mass is 35.5. The Hall–Kier alpha value is -1.85. The van der Waals surface area contributed by atoms with Crippen molar-refractivity contribution >= 4 is 17.6 Å². The number of hydrogen-bond acceptors (Lipinski definition) is 4. The second-order valence-electron chi connectivity index (χ2n) is 5.90. The fraction of sp³-hybridized carbons (Fsp3) is 0.412. The van der Waals surface area contributed by atoms with Crippen LogP contribution >= 0.6 is 11.6 Å². The summed E-state index contributed by atoms with van der Waals surface area (Å²) in [4.78, 5) is 13.9. The first kappa shape index (κ1) is 16.0. The molecular formula is C17H20ClN3O2. The lowest BCUT2D eigenvalue weighted by molar-refractivity contribution is -0.144. The summed E-state index contributed by atoms with van der Waals surface area (Å²) in [5.41, 5.74) is 2.96. The third-order valence-electron chi connectivity index (χ3n) is 4.23. The van der Waals surface area contributed by atoms with Crippen molar-refractivity contribution in [3.05, 3.63) is 41.0 Å². The number of esters is 1. The minimum Gasteiger partial charge on any atom is -0.469 e. The van der Waals surface area contributed by atoms with Gasteiger partial charge in [-0.05, 0) is 19.0 Å². The van der Waals surface area contributed by atoms with Crippen LogP contribution in [-0.2, 0) is 23.1 Å². The number of hydrogen-bond donors (Lipinski definition) is 0. The van der Waals surface area contributed by atoms with E-state index in [1.807, 2.05) is 42.2 Å². The fourth-order valence-corrected chi connectivity index (χ4v) is 3.33. The van der Waals surface area contributed by atoms with Crippen molar-refractivity contribution in [2.24, 2.45) is 13.0 Å². The van der Waals surface area contributed by atoms with Gasteiger partial charge in [-0.1, -0.05) is 29.8 Å². The molecule has 0 radical (unpaired) electrons. The van der Waals surface area contributed by atoms with Gasteiger partial charge in [-0.3, -0.25) is 14.4 Å².